The molecule has 3 nitrogen and oxygen atoms in total. The number of carboxylic acids is 1. The summed E-state index contributed by atoms with van der Waals surface area (Å²) in [6.45, 7) is 3.89. The van der Waals surface area contributed by atoms with Gasteiger partial charge in [-0.3, -0.25) is 0 Å². The van der Waals surface area contributed by atoms with Crippen LogP contribution in [0.3, 0.4) is 0 Å². The largest absolute Gasteiger partial charge is 0.496 e. The van der Waals surface area contributed by atoms with E-state index in [1.807, 2.05) is 38.1 Å². The first-order valence-electron chi connectivity index (χ1n) is 6.12. The van der Waals surface area contributed by atoms with Crippen LogP contribution in [-0.2, 0) is 0 Å². The van der Waals surface area contributed by atoms with E-state index in [2.05, 4.69) is 15.9 Å². The summed E-state index contributed by atoms with van der Waals surface area (Å²) in [7, 11) is 1.63. The van der Waals surface area contributed by atoms with Crippen LogP contribution < -0.4 is 4.74 Å². The molecule has 4 heteroatoms. The van der Waals surface area contributed by atoms with Crippen molar-refractivity contribution in [3.8, 4) is 16.9 Å². The molecule has 0 bridgehead atoms. The monoisotopic (exact) mass is 334 g/mol. The van der Waals surface area contributed by atoms with Crippen LogP contribution in [0.4, 0.5) is 0 Å². The van der Waals surface area contributed by atoms with Gasteiger partial charge in [-0.1, -0.05) is 22.0 Å². The molecule has 0 atom stereocenters. The number of aryl methyl sites for hydroxylation is 2. The van der Waals surface area contributed by atoms with Gasteiger partial charge in [0.05, 0.1) is 12.7 Å². The minimum atomic E-state index is -0.936. The van der Waals surface area contributed by atoms with Gasteiger partial charge in [0.25, 0.3) is 0 Å². The maximum atomic E-state index is 11.4. The number of benzene rings is 2. The third-order valence-corrected chi connectivity index (χ3v) is 3.74. The fourth-order valence-corrected chi connectivity index (χ4v) is 2.59. The number of rotatable bonds is 3. The van der Waals surface area contributed by atoms with Gasteiger partial charge in [-0.2, -0.15) is 0 Å². The van der Waals surface area contributed by atoms with Crippen LogP contribution in [0, 0.1) is 13.8 Å². The van der Waals surface area contributed by atoms with Crippen LogP contribution in [0.15, 0.2) is 34.8 Å². The molecule has 0 heterocycles. The predicted molar refractivity (Wildman–Crippen MR) is 82.6 cm³/mol. The van der Waals surface area contributed by atoms with Crippen molar-refractivity contribution >= 4 is 21.9 Å². The normalized spacial score (nSPS) is 10.4. The van der Waals surface area contributed by atoms with E-state index < -0.39 is 5.97 Å². The number of carbonyl (C=O) groups is 1. The van der Waals surface area contributed by atoms with Gasteiger partial charge in [-0.25, -0.2) is 4.79 Å². The number of hydrogen-bond acceptors (Lipinski definition) is 2. The Kier molecular flexibility index (Phi) is 4.14. The third kappa shape index (κ3) is 2.70. The van der Waals surface area contributed by atoms with Gasteiger partial charge in [0, 0.05) is 4.47 Å². The lowest BCUT2D eigenvalue weighted by Gasteiger charge is -2.13. The van der Waals surface area contributed by atoms with Gasteiger partial charge >= 0.3 is 5.97 Å². The first-order chi connectivity index (χ1) is 9.43. The fourth-order valence-electron chi connectivity index (χ4n) is 2.23. The zero-order valence-corrected chi connectivity index (χ0v) is 13.1. The fraction of sp³-hybridized carbons (Fsp3) is 0.188. The second-order valence-corrected chi connectivity index (χ2v) is 5.55. The van der Waals surface area contributed by atoms with Crippen LogP contribution in [0.2, 0.25) is 0 Å². The number of methoxy groups -OCH3 is 1. The summed E-state index contributed by atoms with van der Waals surface area (Å²) in [6.07, 6.45) is 0. The van der Waals surface area contributed by atoms with Gasteiger partial charge in [-0.15, -0.1) is 0 Å². The van der Waals surface area contributed by atoms with Gasteiger partial charge < -0.3 is 9.84 Å². The lowest BCUT2D eigenvalue weighted by Crippen LogP contribution is -2.01. The van der Waals surface area contributed by atoms with E-state index in [0.29, 0.717) is 5.56 Å². The van der Waals surface area contributed by atoms with Crippen LogP contribution in [0.1, 0.15) is 21.5 Å². The predicted octanol–water partition coefficient (Wildman–Crippen LogP) is 4.44. The molecule has 2 rings (SSSR count). The molecule has 2 aromatic rings. The zero-order valence-electron chi connectivity index (χ0n) is 11.5. The summed E-state index contributed by atoms with van der Waals surface area (Å²) >= 11 is 3.31. The molecule has 0 radical (unpaired) electrons. The lowest BCUT2D eigenvalue weighted by molar-refractivity contribution is 0.0697. The average molecular weight is 335 g/mol. The van der Waals surface area contributed by atoms with Crippen molar-refractivity contribution in [3.05, 3.63) is 51.5 Å². The topological polar surface area (TPSA) is 46.5 Å². The summed E-state index contributed by atoms with van der Waals surface area (Å²) in [4.78, 5) is 11.4. The summed E-state index contributed by atoms with van der Waals surface area (Å²) in [6, 6.07) is 9.18. The minimum absolute atomic E-state index is 0.284. The molecule has 0 saturated heterocycles. The molecule has 2 aromatic carbocycles. The Bertz CT molecular complexity index is 678. The van der Waals surface area contributed by atoms with E-state index in [9.17, 15) is 9.90 Å². The van der Waals surface area contributed by atoms with Crippen molar-refractivity contribution < 1.29 is 14.6 Å². The van der Waals surface area contributed by atoms with Crippen molar-refractivity contribution in [1.82, 2.24) is 0 Å². The van der Waals surface area contributed by atoms with Crippen LogP contribution in [-0.4, -0.2) is 18.2 Å². The third-order valence-electron chi connectivity index (χ3n) is 3.24. The standard InChI is InChI=1S/C16H15BrO3/c1-9-7-15(20-3)10(2)6-13(9)12-5-4-11(17)8-14(12)16(18)19/h4-8H,1-3H3,(H,18,19). The highest BCUT2D eigenvalue weighted by Gasteiger charge is 2.15. The van der Waals surface area contributed by atoms with Crippen LogP contribution >= 0.6 is 15.9 Å². The Labute approximate surface area is 126 Å². The Hall–Kier alpha value is -1.81. The molecule has 0 unspecified atom stereocenters. The van der Waals surface area contributed by atoms with E-state index in [0.717, 1.165) is 26.9 Å². The number of hydrogen-bond donors (Lipinski definition) is 1. The molecular formula is C16H15BrO3. The molecule has 0 aromatic heterocycles. The Morgan fingerprint density at radius 1 is 1.10 bits per heavy atom. The molecule has 20 heavy (non-hydrogen) atoms. The average Bonchev–Trinajstić information content (AvgIpc) is 2.41. The Balaban J connectivity index is 2.69. The summed E-state index contributed by atoms with van der Waals surface area (Å²) in [5, 5.41) is 9.37. The highest BCUT2D eigenvalue weighted by molar-refractivity contribution is 9.10. The first kappa shape index (κ1) is 14.6. The van der Waals surface area contributed by atoms with Crippen molar-refractivity contribution in [2.75, 3.05) is 7.11 Å². The van der Waals surface area contributed by atoms with Crippen molar-refractivity contribution in [2.24, 2.45) is 0 Å². The second-order valence-electron chi connectivity index (χ2n) is 4.63. The van der Waals surface area contributed by atoms with Gasteiger partial charge in [0.15, 0.2) is 0 Å². The molecule has 0 fully saturated rings. The van der Waals surface area contributed by atoms with Crippen molar-refractivity contribution in [3.63, 3.8) is 0 Å². The van der Waals surface area contributed by atoms with Gasteiger partial charge in [0.1, 0.15) is 5.75 Å². The first-order valence-corrected chi connectivity index (χ1v) is 6.91. The number of halogens is 1. The van der Waals surface area contributed by atoms with E-state index in [4.69, 9.17) is 4.74 Å². The number of ether oxygens (including phenoxy) is 1. The number of carboxylic acid groups (broad SMARTS) is 1. The summed E-state index contributed by atoms with van der Waals surface area (Å²) < 4.78 is 6.04. The number of aromatic carboxylic acids is 1. The smallest absolute Gasteiger partial charge is 0.336 e. The highest BCUT2D eigenvalue weighted by atomic mass is 79.9. The lowest BCUT2D eigenvalue weighted by atomic mass is 9.94. The molecule has 0 aliphatic heterocycles. The quantitative estimate of drug-likeness (QED) is 0.902. The van der Waals surface area contributed by atoms with E-state index in [1.54, 1.807) is 13.2 Å². The molecule has 0 saturated carbocycles. The molecule has 0 spiro atoms. The molecule has 104 valence electrons. The van der Waals surface area contributed by atoms with E-state index in [1.165, 1.54) is 0 Å². The molecule has 0 amide bonds. The summed E-state index contributed by atoms with van der Waals surface area (Å²) in [5.74, 6) is -0.130. The maximum absolute atomic E-state index is 11.4. The van der Waals surface area contributed by atoms with Crippen molar-refractivity contribution in [1.29, 1.82) is 0 Å². The van der Waals surface area contributed by atoms with E-state index >= 15 is 0 Å². The zero-order chi connectivity index (χ0) is 14.9. The highest BCUT2D eigenvalue weighted by Crippen LogP contribution is 2.33. The molecule has 0 aliphatic rings. The maximum Gasteiger partial charge on any atom is 0.336 e. The minimum Gasteiger partial charge on any atom is -0.496 e. The van der Waals surface area contributed by atoms with Crippen molar-refractivity contribution in [2.45, 2.75) is 13.8 Å². The summed E-state index contributed by atoms with van der Waals surface area (Å²) in [5.41, 5.74) is 3.87. The molecular weight excluding hydrogens is 320 g/mol. The molecule has 0 aliphatic carbocycles. The van der Waals surface area contributed by atoms with Crippen LogP contribution in [0.5, 0.6) is 5.75 Å². The van der Waals surface area contributed by atoms with E-state index in [-0.39, 0.29) is 5.56 Å². The Morgan fingerprint density at radius 2 is 1.80 bits per heavy atom. The van der Waals surface area contributed by atoms with Crippen LogP contribution in [0.25, 0.3) is 11.1 Å². The van der Waals surface area contributed by atoms with Gasteiger partial charge in [0.2, 0.25) is 0 Å². The van der Waals surface area contributed by atoms with Gasteiger partial charge in [-0.05, 0) is 60.4 Å². The molecule has 1 N–H and O–H groups in total. The SMILES string of the molecule is COc1cc(C)c(-c2ccc(Br)cc2C(=O)O)cc1C. The second kappa shape index (κ2) is 5.67. The Morgan fingerprint density at radius 3 is 2.40 bits per heavy atom.